The number of carbonyl (C=O) groups excluding carboxylic acids is 2. The van der Waals surface area contributed by atoms with E-state index in [1.165, 1.54) is 12.1 Å². The van der Waals surface area contributed by atoms with Crippen molar-refractivity contribution in [1.82, 2.24) is 5.32 Å². The molecular weight excluding hydrogens is 294 g/mol. The summed E-state index contributed by atoms with van der Waals surface area (Å²) >= 11 is 0. The first-order valence-corrected chi connectivity index (χ1v) is 7.42. The Balaban J connectivity index is 2.10. The minimum absolute atomic E-state index is 0.148. The van der Waals surface area contributed by atoms with Crippen LogP contribution in [0.5, 0.6) is 11.5 Å². The number of rotatable bonds is 6. The second kappa shape index (κ2) is 7.98. The highest BCUT2D eigenvalue weighted by atomic mass is 16.5. The number of amides is 1. The Labute approximate surface area is 134 Å². The number of carbonyl (C=O) groups is 2. The van der Waals surface area contributed by atoms with Gasteiger partial charge in [-0.05, 0) is 29.8 Å². The third kappa shape index (κ3) is 5.14. The third-order valence-corrected chi connectivity index (χ3v) is 3.28. The van der Waals surface area contributed by atoms with Gasteiger partial charge in [0.15, 0.2) is 0 Å². The van der Waals surface area contributed by atoms with Gasteiger partial charge >= 0.3 is 5.97 Å². The smallest absolute Gasteiger partial charge is 0.334 e. The fourth-order valence-corrected chi connectivity index (χ4v) is 2.03. The van der Waals surface area contributed by atoms with Crippen LogP contribution >= 0.6 is 0 Å². The zero-order valence-corrected chi connectivity index (χ0v) is 12.9. The predicted molar refractivity (Wildman–Crippen MR) is 86.1 cm³/mol. The van der Waals surface area contributed by atoms with Gasteiger partial charge in [0.2, 0.25) is 5.91 Å². The Morgan fingerprint density at radius 1 is 1.09 bits per heavy atom. The summed E-state index contributed by atoms with van der Waals surface area (Å²) in [5.41, 5.74) is 0.814. The van der Waals surface area contributed by atoms with Gasteiger partial charge in [-0.3, -0.25) is 4.79 Å². The molecule has 0 aliphatic rings. The number of esters is 1. The van der Waals surface area contributed by atoms with Gasteiger partial charge in [0, 0.05) is 12.8 Å². The van der Waals surface area contributed by atoms with Crippen molar-refractivity contribution in [2.75, 3.05) is 0 Å². The van der Waals surface area contributed by atoms with E-state index in [1.807, 2.05) is 6.07 Å². The van der Waals surface area contributed by atoms with Crippen molar-refractivity contribution in [2.45, 2.75) is 25.8 Å². The molecule has 0 fully saturated rings. The predicted octanol–water partition coefficient (Wildman–Crippen LogP) is 2.44. The van der Waals surface area contributed by atoms with E-state index in [1.54, 1.807) is 43.3 Å². The van der Waals surface area contributed by atoms with Crippen molar-refractivity contribution in [3.8, 4) is 11.5 Å². The number of aromatic hydroxyl groups is 1. The molecule has 2 N–H and O–H groups in total. The fraction of sp³-hybridized carbons (Fsp3) is 0.222. The van der Waals surface area contributed by atoms with E-state index in [2.05, 4.69) is 5.32 Å². The zero-order valence-electron chi connectivity index (χ0n) is 12.9. The highest BCUT2D eigenvalue weighted by molar-refractivity contribution is 5.85. The summed E-state index contributed by atoms with van der Waals surface area (Å²) in [4.78, 5) is 24.0. The van der Waals surface area contributed by atoms with E-state index in [4.69, 9.17) is 4.74 Å². The molecule has 5 heteroatoms. The molecule has 0 unspecified atom stereocenters. The van der Waals surface area contributed by atoms with E-state index in [-0.39, 0.29) is 24.5 Å². The van der Waals surface area contributed by atoms with Crippen molar-refractivity contribution in [3.63, 3.8) is 0 Å². The molecule has 0 bridgehead atoms. The molecule has 1 atom stereocenters. The number of para-hydroxylation sites is 1. The Bertz CT molecular complexity index is 652. The van der Waals surface area contributed by atoms with Gasteiger partial charge in [-0.1, -0.05) is 37.3 Å². The summed E-state index contributed by atoms with van der Waals surface area (Å²) in [6.07, 6.45) is 0.572. The largest absolute Gasteiger partial charge is 0.508 e. The summed E-state index contributed by atoms with van der Waals surface area (Å²) in [6.45, 7) is 1.72. The lowest BCUT2D eigenvalue weighted by Crippen LogP contribution is -2.44. The van der Waals surface area contributed by atoms with E-state index in [0.717, 1.165) is 5.56 Å². The number of benzene rings is 2. The molecule has 0 heterocycles. The number of hydrogen-bond acceptors (Lipinski definition) is 4. The Kier molecular flexibility index (Phi) is 5.74. The van der Waals surface area contributed by atoms with Gasteiger partial charge in [-0.25, -0.2) is 4.79 Å². The lowest BCUT2D eigenvalue weighted by Gasteiger charge is -2.17. The van der Waals surface area contributed by atoms with Crippen molar-refractivity contribution < 1.29 is 19.4 Å². The minimum atomic E-state index is -0.785. The summed E-state index contributed by atoms with van der Waals surface area (Å²) in [5.74, 6) is -0.168. The van der Waals surface area contributed by atoms with Gasteiger partial charge in [0.1, 0.15) is 17.5 Å². The highest BCUT2D eigenvalue weighted by Gasteiger charge is 2.23. The normalized spacial score (nSPS) is 11.5. The standard InChI is InChI=1S/C18H19NO4/c1-2-17(21)19-16(12-13-8-10-14(20)11-9-13)18(22)23-15-6-4-3-5-7-15/h3-11,16,20H,2,12H2,1H3,(H,19,21)/t16-/m0/s1. The van der Waals surface area contributed by atoms with Gasteiger partial charge in [0.05, 0.1) is 0 Å². The molecule has 2 aromatic rings. The van der Waals surface area contributed by atoms with E-state index in [0.29, 0.717) is 5.75 Å². The van der Waals surface area contributed by atoms with Crippen LogP contribution in [0.25, 0.3) is 0 Å². The van der Waals surface area contributed by atoms with Crippen LogP contribution in [0.4, 0.5) is 0 Å². The van der Waals surface area contributed by atoms with Crippen LogP contribution in [0.15, 0.2) is 54.6 Å². The third-order valence-electron chi connectivity index (χ3n) is 3.28. The first-order valence-electron chi connectivity index (χ1n) is 7.42. The number of nitrogens with one attached hydrogen (secondary N) is 1. The second-order valence-electron chi connectivity index (χ2n) is 5.08. The topological polar surface area (TPSA) is 75.6 Å². The number of phenols is 1. The molecule has 0 spiro atoms. The molecule has 0 saturated heterocycles. The molecule has 0 aliphatic carbocycles. The fourth-order valence-electron chi connectivity index (χ4n) is 2.03. The molecule has 0 aliphatic heterocycles. The van der Waals surface area contributed by atoms with Crippen molar-refractivity contribution in [3.05, 3.63) is 60.2 Å². The molecule has 120 valence electrons. The molecule has 5 nitrogen and oxygen atoms in total. The van der Waals surface area contributed by atoms with Crippen LogP contribution in [0.2, 0.25) is 0 Å². The van der Waals surface area contributed by atoms with Gasteiger partial charge in [0.25, 0.3) is 0 Å². The van der Waals surface area contributed by atoms with Crippen LogP contribution in [-0.4, -0.2) is 23.0 Å². The molecular formula is C18H19NO4. The average Bonchev–Trinajstić information content (AvgIpc) is 2.57. The second-order valence-corrected chi connectivity index (χ2v) is 5.08. The van der Waals surface area contributed by atoms with Gasteiger partial charge in [-0.15, -0.1) is 0 Å². The summed E-state index contributed by atoms with van der Waals surface area (Å²) in [5, 5.41) is 12.0. The average molecular weight is 313 g/mol. The minimum Gasteiger partial charge on any atom is -0.508 e. The maximum atomic E-state index is 12.3. The van der Waals surface area contributed by atoms with Crippen molar-refractivity contribution in [2.24, 2.45) is 0 Å². The van der Waals surface area contributed by atoms with E-state index < -0.39 is 12.0 Å². The van der Waals surface area contributed by atoms with Crippen LogP contribution in [0.3, 0.4) is 0 Å². The Morgan fingerprint density at radius 2 is 1.74 bits per heavy atom. The first-order chi connectivity index (χ1) is 11.1. The van der Waals surface area contributed by atoms with Crippen LogP contribution in [0.1, 0.15) is 18.9 Å². The molecule has 2 aromatic carbocycles. The van der Waals surface area contributed by atoms with Crippen LogP contribution < -0.4 is 10.1 Å². The van der Waals surface area contributed by atoms with Crippen molar-refractivity contribution in [1.29, 1.82) is 0 Å². The number of ether oxygens (including phenoxy) is 1. The number of hydrogen-bond donors (Lipinski definition) is 2. The molecule has 2 rings (SSSR count). The quantitative estimate of drug-likeness (QED) is 0.634. The lowest BCUT2D eigenvalue weighted by atomic mass is 10.1. The first kappa shape index (κ1) is 16.5. The molecule has 0 aromatic heterocycles. The monoisotopic (exact) mass is 313 g/mol. The lowest BCUT2D eigenvalue weighted by molar-refractivity contribution is -0.139. The summed E-state index contributed by atoms with van der Waals surface area (Å²) < 4.78 is 5.31. The summed E-state index contributed by atoms with van der Waals surface area (Å²) in [6, 6.07) is 14.4. The highest BCUT2D eigenvalue weighted by Crippen LogP contribution is 2.14. The van der Waals surface area contributed by atoms with E-state index in [9.17, 15) is 14.7 Å². The van der Waals surface area contributed by atoms with E-state index >= 15 is 0 Å². The SMILES string of the molecule is CCC(=O)N[C@@H](Cc1ccc(O)cc1)C(=O)Oc1ccccc1. The maximum absolute atomic E-state index is 12.3. The van der Waals surface area contributed by atoms with Gasteiger partial charge < -0.3 is 15.2 Å². The van der Waals surface area contributed by atoms with Gasteiger partial charge in [-0.2, -0.15) is 0 Å². The Morgan fingerprint density at radius 3 is 2.35 bits per heavy atom. The Hall–Kier alpha value is -2.82. The molecule has 1 amide bonds. The molecule has 0 radical (unpaired) electrons. The van der Waals surface area contributed by atoms with Crippen molar-refractivity contribution >= 4 is 11.9 Å². The van der Waals surface area contributed by atoms with Crippen LogP contribution in [0, 0.1) is 0 Å². The summed E-state index contributed by atoms with van der Waals surface area (Å²) in [7, 11) is 0. The zero-order chi connectivity index (χ0) is 16.7. The molecule has 23 heavy (non-hydrogen) atoms. The molecule has 0 saturated carbocycles. The van der Waals surface area contributed by atoms with Crippen LogP contribution in [-0.2, 0) is 16.0 Å². The number of phenolic OH excluding ortho intramolecular Hbond substituents is 1. The maximum Gasteiger partial charge on any atom is 0.334 e.